The Morgan fingerprint density at radius 1 is 1.31 bits per heavy atom. The molecule has 74 valence electrons. The zero-order valence-corrected chi connectivity index (χ0v) is 9.14. The maximum Gasteiger partial charge on any atom is 0.0289 e. The standard InChI is InChI=1S/C12H21N/c1-11(2,3)12-5-4-6-13(12)8-9-7-10(9)12/h9-10H,4-8H2,1-3H3. The van der Waals surface area contributed by atoms with Gasteiger partial charge >= 0.3 is 0 Å². The summed E-state index contributed by atoms with van der Waals surface area (Å²) < 4.78 is 0. The zero-order chi connectivity index (χ0) is 9.27. The van der Waals surface area contributed by atoms with E-state index in [0.717, 1.165) is 11.8 Å². The Hall–Kier alpha value is -0.0400. The summed E-state index contributed by atoms with van der Waals surface area (Å²) in [4.78, 5) is 2.81. The summed E-state index contributed by atoms with van der Waals surface area (Å²) in [6.07, 6.45) is 4.45. The molecule has 3 aliphatic rings. The van der Waals surface area contributed by atoms with Crippen LogP contribution in [0.25, 0.3) is 0 Å². The number of hydrogen-bond donors (Lipinski definition) is 0. The van der Waals surface area contributed by atoms with Crippen LogP contribution in [-0.4, -0.2) is 23.5 Å². The van der Waals surface area contributed by atoms with Gasteiger partial charge in [-0.1, -0.05) is 20.8 Å². The molecule has 1 saturated carbocycles. The van der Waals surface area contributed by atoms with Crippen molar-refractivity contribution < 1.29 is 0 Å². The highest BCUT2D eigenvalue weighted by atomic mass is 15.3. The molecule has 0 aromatic rings. The maximum absolute atomic E-state index is 2.81. The molecular weight excluding hydrogens is 158 g/mol. The molecule has 1 heteroatoms. The molecular formula is C12H21N. The highest BCUT2D eigenvalue weighted by Crippen LogP contribution is 2.65. The van der Waals surface area contributed by atoms with Crippen LogP contribution in [0.4, 0.5) is 0 Å². The topological polar surface area (TPSA) is 3.24 Å². The Bertz CT molecular complexity index is 240. The van der Waals surface area contributed by atoms with Crippen LogP contribution in [0, 0.1) is 17.3 Å². The second-order valence-corrected chi connectivity index (χ2v) is 6.33. The van der Waals surface area contributed by atoms with E-state index in [1.54, 1.807) is 0 Å². The fourth-order valence-electron chi connectivity index (χ4n) is 4.29. The van der Waals surface area contributed by atoms with Crippen molar-refractivity contribution in [2.75, 3.05) is 13.1 Å². The summed E-state index contributed by atoms with van der Waals surface area (Å²) in [5, 5.41) is 0. The third-order valence-corrected chi connectivity index (χ3v) is 4.84. The van der Waals surface area contributed by atoms with Crippen LogP contribution in [0.1, 0.15) is 40.0 Å². The van der Waals surface area contributed by atoms with Gasteiger partial charge in [0.15, 0.2) is 0 Å². The minimum atomic E-state index is 0.499. The molecule has 3 fully saturated rings. The van der Waals surface area contributed by atoms with Gasteiger partial charge in [0.05, 0.1) is 0 Å². The van der Waals surface area contributed by atoms with Crippen molar-refractivity contribution in [3.05, 3.63) is 0 Å². The van der Waals surface area contributed by atoms with Gasteiger partial charge in [-0.3, -0.25) is 4.90 Å². The van der Waals surface area contributed by atoms with Crippen LogP contribution < -0.4 is 0 Å². The fraction of sp³-hybridized carbons (Fsp3) is 1.00. The molecule has 0 aromatic heterocycles. The number of nitrogens with zero attached hydrogens (tertiary/aromatic N) is 1. The molecule has 0 spiro atoms. The lowest BCUT2D eigenvalue weighted by Gasteiger charge is -2.46. The molecule has 1 aliphatic carbocycles. The van der Waals surface area contributed by atoms with E-state index in [4.69, 9.17) is 0 Å². The monoisotopic (exact) mass is 179 g/mol. The molecule has 2 aliphatic heterocycles. The van der Waals surface area contributed by atoms with Crippen molar-refractivity contribution in [3.8, 4) is 0 Å². The van der Waals surface area contributed by atoms with E-state index in [0.29, 0.717) is 11.0 Å². The number of rotatable bonds is 0. The molecule has 1 nitrogen and oxygen atoms in total. The van der Waals surface area contributed by atoms with Crippen LogP contribution in [0.2, 0.25) is 0 Å². The first-order valence-electron chi connectivity index (χ1n) is 5.81. The average Bonchev–Trinajstić information content (AvgIpc) is 2.55. The Kier molecular flexibility index (Phi) is 1.36. The fourth-order valence-corrected chi connectivity index (χ4v) is 4.29. The van der Waals surface area contributed by atoms with Crippen LogP contribution in [0.3, 0.4) is 0 Å². The zero-order valence-electron chi connectivity index (χ0n) is 9.14. The second kappa shape index (κ2) is 2.13. The van der Waals surface area contributed by atoms with Crippen LogP contribution in [0.5, 0.6) is 0 Å². The van der Waals surface area contributed by atoms with E-state index in [2.05, 4.69) is 25.7 Å². The molecule has 0 bridgehead atoms. The summed E-state index contributed by atoms with van der Waals surface area (Å²) in [5.74, 6) is 2.15. The number of piperidine rings is 1. The lowest BCUT2D eigenvalue weighted by molar-refractivity contribution is 0.0373. The second-order valence-electron chi connectivity index (χ2n) is 6.33. The lowest BCUT2D eigenvalue weighted by Crippen LogP contribution is -2.52. The molecule has 2 heterocycles. The molecule has 3 unspecified atom stereocenters. The molecule has 2 saturated heterocycles. The third kappa shape index (κ3) is 0.823. The molecule has 3 rings (SSSR count). The van der Waals surface area contributed by atoms with Gasteiger partial charge in [-0.2, -0.15) is 0 Å². The Morgan fingerprint density at radius 3 is 2.69 bits per heavy atom. The van der Waals surface area contributed by atoms with Gasteiger partial charge in [0.1, 0.15) is 0 Å². The van der Waals surface area contributed by atoms with Gasteiger partial charge in [-0.25, -0.2) is 0 Å². The predicted octanol–water partition coefficient (Wildman–Crippen LogP) is 2.52. The van der Waals surface area contributed by atoms with E-state index in [-0.39, 0.29) is 0 Å². The summed E-state index contributed by atoms with van der Waals surface area (Å²) in [7, 11) is 0. The SMILES string of the molecule is CC(C)(C)C12CCCN1CC1CC12. The van der Waals surface area contributed by atoms with E-state index in [9.17, 15) is 0 Å². The largest absolute Gasteiger partial charge is 0.297 e. The van der Waals surface area contributed by atoms with Gasteiger partial charge in [0.25, 0.3) is 0 Å². The van der Waals surface area contributed by atoms with E-state index < -0.39 is 0 Å². The highest BCUT2D eigenvalue weighted by molar-refractivity contribution is 5.20. The molecule has 0 N–H and O–H groups in total. The van der Waals surface area contributed by atoms with Crippen molar-refractivity contribution in [2.24, 2.45) is 17.3 Å². The minimum absolute atomic E-state index is 0.499. The van der Waals surface area contributed by atoms with Crippen LogP contribution >= 0.6 is 0 Å². The first-order valence-corrected chi connectivity index (χ1v) is 5.81. The van der Waals surface area contributed by atoms with Gasteiger partial charge < -0.3 is 0 Å². The Morgan fingerprint density at radius 2 is 2.08 bits per heavy atom. The molecule has 0 aromatic carbocycles. The molecule has 0 amide bonds. The van der Waals surface area contributed by atoms with Gasteiger partial charge in [0, 0.05) is 12.1 Å². The number of fused-ring (bicyclic) bond motifs is 3. The van der Waals surface area contributed by atoms with Gasteiger partial charge in [-0.15, -0.1) is 0 Å². The van der Waals surface area contributed by atoms with E-state index in [1.165, 1.54) is 32.4 Å². The first-order chi connectivity index (χ1) is 6.06. The maximum atomic E-state index is 2.81. The highest BCUT2D eigenvalue weighted by Gasteiger charge is 2.67. The van der Waals surface area contributed by atoms with Gasteiger partial charge in [0.2, 0.25) is 0 Å². The quantitative estimate of drug-likeness (QED) is 0.552. The lowest BCUT2D eigenvalue weighted by atomic mass is 9.69. The van der Waals surface area contributed by atoms with Crippen LogP contribution in [-0.2, 0) is 0 Å². The molecule has 0 radical (unpaired) electrons. The van der Waals surface area contributed by atoms with Gasteiger partial charge in [-0.05, 0) is 43.1 Å². The Labute approximate surface area is 81.5 Å². The third-order valence-electron chi connectivity index (χ3n) is 4.84. The van der Waals surface area contributed by atoms with E-state index in [1.807, 2.05) is 0 Å². The van der Waals surface area contributed by atoms with E-state index >= 15 is 0 Å². The van der Waals surface area contributed by atoms with Crippen LogP contribution in [0.15, 0.2) is 0 Å². The molecule has 13 heavy (non-hydrogen) atoms. The average molecular weight is 179 g/mol. The summed E-state index contributed by atoms with van der Waals surface area (Å²) in [6.45, 7) is 10.1. The first kappa shape index (κ1) is 8.28. The van der Waals surface area contributed by atoms with Crippen molar-refractivity contribution in [3.63, 3.8) is 0 Å². The van der Waals surface area contributed by atoms with Crippen molar-refractivity contribution >= 4 is 0 Å². The normalized spacial score (nSPS) is 49.2. The summed E-state index contributed by atoms with van der Waals surface area (Å²) in [5.41, 5.74) is 1.11. The van der Waals surface area contributed by atoms with Crippen molar-refractivity contribution in [1.29, 1.82) is 0 Å². The van der Waals surface area contributed by atoms with Crippen molar-refractivity contribution in [2.45, 2.75) is 45.6 Å². The summed E-state index contributed by atoms with van der Waals surface area (Å²) >= 11 is 0. The Balaban J connectivity index is 2.01. The summed E-state index contributed by atoms with van der Waals surface area (Å²) in [6, 6.07) is 0. The minimum Gasteiger partial charge on any atom is -0.297 e. The van der Waals surface area contributed by atoms with Crippen molar-refractivity contribution in [1.82, 2.24) is 4.90 Å². The molecule has 3 atom stereocenters. The smallest absolute Gasteiger partial charge is 0.0289 e. The predicted molar refractivity (Wildman–Crippen MR) is 54.6 cm³/mol. The number of hydrogen-bond acceptors (Lipinski definition) is 1.